The van der Waals surface area contributed by atoms with Crippen molar-refractivity contribution in [2.45, 2.75) is 25.9 Å². The third-order valence-electron chi connectivity index (χ3n) is 4.48. The number of rotatable bonds is 7. The average molecular weight is 435 g/mol. The van der Waals surface area contributed by atoms with Crippen LogP contribution in [0.15, 0.2) is 66.9 Å². The minimum Gasteiger partial charge on any atom is -0.507 e. The lowest BCUT2D eigenvalue weighted by atomic mass is 10.0. The molecule has 0 atom stereocenters. The molecule has 0 saturated heterocycles. The first-order valence-corrected chi connectivity index (χ1v) is 9.67. The van der Waals surface area contributed by atoms with Crippen molar-refractivity contribution < 1.29 is 34.1 Å². The van der Waals surface area contributed by atoms with Gasteiger partial charge in [-0.15, -0.1) is 0 Å². The number of aromatic carboxylic acids is 1. The first-order valence-electron chi connectivity index (χ1n) is 9.67. The zero-order valence-electron chi connectivity index (χ0n) is 17.4. The lowest BCUT2D eigenvalue weighted by molar-refractivity contribution is -0.00126. The van der Waals surface area contributed by atoms with Crippen molar-refractivity contribution in [2.24, 2.45) is 0 Å². The van der Waals surface area contributed by atoms with Crippen LogP contribution < -0.4 is 4.74 Å². The maximum absolute atomic E-state index is 12.8. The monoisotopic (exact) mass is 435 g/mol. The van der Waals surface area contributed by atoms with Crippen molar-refractivity contribution >= 4 is 17.9 Å². The summed E-state index contributed by atoms with van der Waals surface area (Å²) in [4.78, 5) is 40.3. The number of nitrogens with zero attached hydrogens (tertiary/aromatic N) is 1. The Kier molecular flexibility index (Phi) is 6.53. The summed E-state index contributed by atoms with van der Waals surface area (Å²) in [6.07, 6.45) is 1.47. The van der Waals surface area contributed by atoms with E-state index in [1.807, 2.05) is 0 Å². The molecule has 0 amide bonds. The molecule has 0 spiro atoms. The average Bonchev–Trinajstić information content (AvgIpc) is 2.74. The quantitative estimate of drug-likeness (QED) is 0.423. The number of carboxylic acids is 1. The zero-order valence-corrected chi connectivity index (χ0v) is 17.4. The number of benzene rings is 2. The van der Waals surface area contributed by atoms with E-state index in [9.17, 15) is 19.5 Å². The molecular formula is C24H21NO7. The molecule has 2 N–H and O–H groups in total. The van der Waals surface area contributed by atoms with Gasteiger partial charge >= 0.3 is 17.9 Å². The van der Waals surface area contributed by atoms with E-state index < -0.39 is 23.5 Å². The van der Waals surface area contributed by atoms with Crippen LogP contribution in [0, 0.1) is 0 Å². The van der Waals surface area contributed by atoms with Gasteiger partial charge in [0.15, 0.2) is 0 Å². The number of pyridine rings is 1. The van der Waals surface area contributed by atoms with Crippen LogP contribution in [0.4, 0.5) is 0 Å². The molecule has 0 bridgehead atoms. The number of para-hydroxylation sites is 2. The summed E-state index contributed by atoms with van der Waals surface area (Å²) in [5, 5.41) is 18.8. The second-order valence-corrected chi connectivity index (χ2v) is 7.57. The topological polar surface area (TPSA) is 123 Å². The predicted octanol–water partition coefficient (Wildman–Crippen LogP) is 3.88. The highest BCUT2D eigenvalue weighted by Crippen LogP contribution is 2.25. The number of carbonyl (C=O) groups excluding carboxylic acids is 2. The molecule has 164 valence electrons. The Hall–Kier alpha value is -4.20. The van der Waals surface area contributed by atoms with E-state index in [0.29, 0.717) is 5.69 Å². The molecule has 0 aliphatic rings. The van der Waals surface area contributed by atoms with Crippen LogP contribution in [-0.4, -0.2) is 38.7 Å². The van der Waals surface area contributed by atoms with Crippen LogP contribution in [0.2, 0.25) is 0 Å². The summed E-state index contributed by atoms with van der Waals surface area (Å²) in [6, 6.07) is 15.0. The van der Waals surface area contributed by atoms with Crippen molar-refractivity contribution in [1.82, 2.24) is 4.98 Å². The van der Waals surface area contributed by atoms with Crippen molar-refractivity contribution in [3.63, 3.8) is 0 Å². The van der Waals surface area contributed by atoms with E-state index in [1.165, 1.54) is 36.5 Å². The molecule has 0 aliphatic carbocycles. The standard InChI is InChI=1S/C24H21NO7/c1-24(2,13-16-12-11-15(14-25-16)21(27)28)32-23(30)18-8-4-6-10-20(18)31-22(29)17-7-3-5-9-19(17)26/h3-12,14,26H,13H2,1-2H3,(H,27,28). The molecule has 1 aromatic heterocycles. The molecule has 8 heteroatoms. The third kappa shape index (κ3) is 5.48. The molecule has 3 aromatic rings. The van der Waals surface area contributed by atoms with Crippen molar-refractivity contribution in [2.75, 3.05) is 0 Å². The normalized spacial score (nSPS) is 10.9. The minimum absolute atomic E-state index is 0.00881. The molecule has 0 saturated carbocycles. The fourth-order valence-electron chi connectivity index (χ4n) is 2.96. The maximum Gasteiger partial charge on any atom is 0.347 e. The van der Waals surface area contributed by atoms with E-state index in [0.717, 1.165) is 0 Å². The Morgan fingerprint density at radius 2 is 1.56 bits per heavy atom. The number of hydrogen-bond donors (Lipinski definition) is 2. The Labute approximate surface area is 184 Å². The van der Waals surface area contributed by atoms with Gasteiger partial charge in [0.05, 0.1) is 5.56 Å². The van der Waals surface area contributed by atoms with Crippen LogP contribution >= 0.6 is 0 Å². The van der Waals surface area contributed by atoms with Crippen LogP contribution in [-0.2, 0) is 11.2 Å². The lowest BCUT2D eigenvalue weighted by Crippen LogP contribution is -2.31. The number of hydrogen-bond acceptors (Lipinski definition) is 7. The largest absolute Gasteiger partial charge is 0.507 e. The minimum atomic E-state index is -1.08. The van der Waals surface area contributed by atoms with Gasteiger partial charge in [0, 0.05) is 18.3 Å². The fraction of sp³-hybridized carbons (Fsp3) is 0.167. The number of phenols is 1. The second kappa shape index (κ2) is 9.30. The van der Waals surface area contributed by atoms with E-state index in [2.05, 4.69) is 4.98 Å². The van der Waals surface area contributed by atoms with Crippen LogP contribution in [0.1, 0.15) is 50.6 Å². The molecule has 0 radical (unpaired) electrons. The Morgan fingerprint density at radius 3 is 2.19 bits per heavy atom. The third-order valence-corrected chi connectivity index (χ3v) is 4.48. The summed E-state index contributed by atoms with van der Waals surface area (Å²) >= 11 is 0. The van der Waals surface area contributed by atoms with Crippen molar-refractivity contribution in [1.29, 1.82) is 0 Å². The highest BCUT2D eigenvalue weighted by Gasteiger charge is 2.27. The molecule has 8 nitrogen and oxygen atoms in total. The molecular weight excluding hydrogens is 414 g/mol. The fourth-order valence-corrected chi connectivity index (χ4v) is 2.96. The lowest BCUT2D eigenvalue weighted by Gasteiger charge is -2.25. The predicted molar refractivity (Wildman–Crippen MR) is 114 cm³/mol. The highest BCUT2D eigenvalue weighted by molar-refractivity contribution is 5.97. The van der Waals surface area contributed by atoms with Gasteiger partial charge in [0.25, 0.3) is 0 Å². The molecule has 1 heterocycles. The number of phenolic OH excluding ortho intramolecular Hbond substituents is 1. The van der Waals surface area contributed by atoms with Crippen LogP contribution in [0.25, 0.3) is 0 Å². The zero-order chi connectivity index (χ0) is 23.3. The van der Waals surface area contributed by atoms with Gasteiger partial charge in [-0.1, -0.05) is 24.3 Å². The van der Waals surface area contributed by atoms with Gasteiger partial charge in [-0.2, -0.15) is 0 Å². The number of aromatic nitrogens is 1. The summed E-state index contributed by atoms with van der Waals surface area (Å²) in [5.74, 6) is -2.85. The number of carboxylic acid groups (broad SMARTS) is 1. The van der Waals surface area contributed by atoms with Gasteiger partial charge in [-0.25, -0.2) is 14.4 Å². The van der Waals surface area contributed by atoms with Crippen LogP contribution in [0.3, 0.4) is 0 Å². The van der Waals surface area contributed by atoms with Crippen molar-refractivity contribution in [3.8, 4) is 11.5 Å². The Morgan fingerprint density at radius 1 is 0.906 bits per heavy atom. The number of ether oxygens (including phenoxy) is 2. The molecule has 0 aliphatic heterocycles. The molecule has 2 aromatic carbocycles. The van der Waals surface area contributed by atoms with Gasteiger partial charge in [-0.3, -0.25) is 4.98 Å². The number of carbonyl (C=O) groups is 3. The molecule has 0 fully saturated rings. The SMILES string of the molecule is CC(C)(Cc1ccc(C(=O)O)cn1)OC(=O)c1ccccc1OC(=O)c1ccccc1O. The summed E-state index contributed by atoms with van der Waals surface area (Å²) in [5.41, 5.74) is -0.370. The van der Waals surface area contributed by atoms with Gasteiger partial charge in [0.2, 0.25) is 0 Å². The van der Waals surface area contributed by atoms with E-state index >= 15 is 0 Å². The Bertz CT molecular complexity index is 1150. The Balaban J connectivity index is 1.74. The van der Waals surface area contributed by atoms with Gasteiger partial charge < -0.3 is 19.7 Å². The van der Waals surface area contributed by atoms with Crippen molar-refractivity contribution in [3.05, 3.63) is 89.2 Å². The molecule has 3 rings (SSSR count). The first-order chi connectivity index (χ1) is 15.2. The van der Waals surface area contributed by atoms with E-state index in [4.69, 9.17) is 14.6 Å². The number of esters is 2. The highest BCUT2D eigenvalue weighted by atomic mass is 16.6. The van der Waals surface area contributed by atoms with E-state index in [-0.39, 0.29) is 34.6 Å². The van der Waals surface area contributed by atoms with Crippen LogP contribution in [0.5, 0.6) is 11.5 Å². The molecule has 0 unspecified atom stereocenters. The molecule has 32 heavy (non-hydrogen) atoms. The van der Waals surface area contributed by atoms with E-state index in [1.54, 1.807) is 44.2 Å². The van der Waals surface area contributed by atoms with Gasteiger partial charge in [0.1, 0.15) is 28.2 Å². The summed E-state index contributed by atoms with van der Waals surface area (Å²) in [6.45, 7) is 3.38. The smallest absolute Gasteiger partial charge is 0.347 e. The second-order valence-electron chi connectivity index (χ2n) is 7.57. The maximum atomic E-state index is 12.8. The number of aromatic hydroxyl groups is 1. The summed E-state index contributed by atoms with van der Waals surface area (Å²) < 4.78 is 11.0. The summed E-state index contributed by atoms with van der Waals surface area (Å²) in [7, 11) is 0. The van der Waals surface area contributed by atoms with Gasteiger partial charge in [-0.05, 0) is 50.2 Å². The first kappa shape index (κ1) is 22.5.